The van der Waals surface area contributed by atoms with Crippen LogP contribution in [0.1, 0.15) is 27.7 Å². The highest BCUT2D eigenvalue weighted by molar-refractivity contribution is 5.89. The Labute approximate surface area is 171 Å². The lowest BCUT2D eigenvalue weighted by molar-refractivity contribution is -0.402. The molecule has 0 unspecified atom stereocenters. The van der Waals surface area contributed by atoms with Crippen molar-refractivity contribution in [3.05, 3.63) is 93.7 Å². The molecule has 0 fully saturated rings. The third-order valence-electron chi connectivity index (χ3n) is 4.19. The lowest BCUT2D eigenvalue weighted by Gasteiger charge is -2.20. The fraction of sp³-hybridized carbons (Fsp3) is 0.143. The summed E-state index contributed by atoms with van der Waals surface area (Å²) in [4.78, 5) is 34.2. The Kier molecular flexibility index (Phi) is 6.43. The zero-order valence-electron chi connectivity index (χ0n) is 15.9. The number of nitrogens with one attached hydrogen (secondary N) is 1. The lowest BCUT2D eigenvalue weighted by Crippen LogP contribution is -2.33. The predicted octanol–water partition coefficient (Wildman–Crippen LogP) is 3.26. The average Bonchev–Trinajstić information content (AvgIpc) is 3.27. The number of carbonyl (C=O) groups excluding carboxylic acids is 2. The van der Waals surface area contributed by atoms with Gasteiger partial charge < -0.3 is 19.2 Å². The molecule has 0 aliphatic rings. The SMILES string of the molecule is COc1ccc([C@H](NC(=O)COC(=O)c2ccc([N+](=O)[O-])o2)c2ccccc2)cc1. The minimum atomic E-state index is -0.973. The normalized spacial score (nSPS) is 11.4. The third-order valence-corrected chi connectivity index (χ3v) is 4.19. The smallest absolute Gasteiger partial charge is 0.433 e. The number of nitrogens with zero attached hydrogens (tertiary/aromatic N) is 1. The Morgan fingerprint density at radius 3 is 2.30 bits per heavy atom. The van der Waals surface area contributed by atoms with E-state index in [-0.39, 0.29) is 5.76 Å². The molecule has 3 aromatic rings. The van der Waals surface area contributed by atoms with Gasteiger partial charge in [-0.3, -0.25) is 14.9 Å². The number of carbonyl (C=O) groups is 2. The molecule has 0 spiro atoms. The van der Waals surface area contributed by atoms with Crippen LogP contribution in [0.25, 0.3) is 0 Å². The van der Waals surface area contributed by atoms with Crippen LogP contribution in [0.15, 0.2) is 71.1 Å². The fourth-order valence-corrected chi connectivity index (χ4v) is 2.74. The first-order chi connectivity index (χ1) is 14.5. The molecule has 30 heavy (non-hydrogen) atoms. The van der Waals surface area contributed by atoms with Crippen molar-refractivity contribution >= 4 is 17.8 Å². The van der Waals surface area contributed by atoms with Gasteiger partial charge in [0.1, 0.15) is 10.7 Å². The molecular formula is C21H18N2O7. The van der Waals surface area contributed by atoms with Crippen LogP contribution in [0.4, 0.5) is 5.88 Å². The Balaban J connectivity index is 1.68. The predicted molar refractivity (Wildman–Crippen MR) is 105 cm³/mol. The van der Waals surface area contributed by atoms with E-state index in [1.807, 2.05) is 42.5 Å². The van der Waals surface area contributed by atoms with Crippen LogP contribution in [0.2, 0.25) is 0 Å². The van der Waals surface area contributed by atoms with Crippen molar-refractivity contribution in [3.63, 3.8) is 0 Å². The van der Waals surface area contributed by atoms with Gasteiger partial charge in [-0.1, -0.05) is 42.5 Å². The molecular weight excluding hydrogens is 392 g/mol. The third kappa shape index (κ3) is 5.02. The van der Waals surface area contributed by atoms with Crippen LogP contribution in [-0.2, 0) is 9.53 Å². The second kappa shape index (κ2) is 9.37. The van der Waals surface area contributed by atoms with Crippen molar-refractivity contribution < 1.29 is 28.4 Å². The minimum absolute atomic E-state index is 0.357. The zero-order chi connectivity index (χ0) is 21.5. The average molecular weight is 410 g/mol. The summed E-state index contributed by atoms with van der Waals surface area (Å²) in [6.07, 6.45) is 0. The maximum atomic E-state index is 12.4. The number of benzene rings is 2. The van der Waals surface area contributed by atoms with Gasteiger partial charge in [0, 0.05) is 0 Å². The molecule has 1 amide bonds. The number of hydrogen-bond donors (Lipinski definition) is 1. The van der Waals surface area contributed by atoms with Crippen LogP contribution >= 0.6 is 0 Å². The van der Waals surface area contributed by atoms with Crippen LogP contribution < -0.4 is 10.1 Å². The van der Waals surface area contributed by atoms with Crippen LogP contribution in [0.5, 0.6) is 5.75 Å². The number of nitro groups is 1. The van der Waals surface area contributed by atoms with E-state index in [1.54, 1.807) is 19.2 Å². The molecule has 2 aromatic carbocycles. The first kappa shape index (κ1) is 20.6. The molecule has 0 saturated carbocycles. The number of amides is 1. The van der Waals surface area contributed by atoms with E-state index in [0.717, 1.165) is 23.3 Å². The molecule has 3 rings (SSSR count). The number of methoxy groups -OCH3 is 1. The van der Waals surface area contributed by atoms with Crippen LogP contribution in [-0.4, -0.2) is 30.5 Å². The number of furan rings is 1. The highest BCUT2D eigenvalue weighted by Crippen LogP contribution is 2.24. The molecule has 0 aliphatic heterocycles. The topological polar surface area (TPSA) is 121 Å². The molecule has 0 radical (unpaired) electrons. The summed E-state index contributed by atoms with van der Waals surface area (Å²) in [5.74, 6) is -1.79. The summed E-state index contributed by atoms with van der Waals surface area (Å²) in [6, 6.07) is 18.2. The standard InChI is InChI=1S/C21H18N2O7/c1-28-16-9-7-15(8-10-16)20(14-5-3-2-4-6-14)22-18(24)13-29-21(25)17-11-12-19(30-17)23(26)27/h2-12,20H,13H2,1H3,(H,22,24)/t20-/m1/s1. The van der Waals surface area contributed by atoms with Gasteiger partial charge in [-0.05, 0) is 29.3 Å². The summed E-state index contributed by atoms with van der Waals surface area (Å²) < 4.78 is 14.8. The van der Waals surface area contributed by atoms with E-state index in [4.69, 9.17) is 13.9 Å². The monoisotopic (exact) mass is 410 g/mol. The minimum Gasteiger partial charge on any atom is -0.497 e. The summed E-state index contributed by atoms with van der Waals surface area (Å²) in [5.41, 5.74) is 1.65. The van der Waals surface area contributed by atoms with Crippen molar-refractivity contribution in [3.8, 4) is 5.75 Å². The van der Waals surface area contributed by atoms with Crippen molar-refractivity contribution in [1.82, 2.24) is 5.32 Å². The van der Waals surface area contributed by atoms with E-state index in [9.17, 15) is 19.7 Å². The van der Waals surface area contributed by atoms with Gasteiger partial charge in [0.25, 0.3) is 5.91 Å². The van der Waals surface area contributed by atoms with Gasteiger partial charge in [-0.2, -0.15) is 0 Å². The van der Waals surface area contributed by atoms with Crippen molar-refractivity contribution in [2.45, 2.75) is 6.04 Å². The number of hydrogen-bond acceptors (Lipinski definition) is 7. The van der Waals surface area contributed by atoms with E-state index in [1.165, 1.54) is 0 Å². The zero-order valence-corrected chi connectivity index (χ0v) is 15.9. The maximum absolute atomic E-state index is 12.4. The maximum Gasteiger partial charge on any atom is 0.433 e. The van der Waals surface area contributed by atoms with Crippen LogP contribution in [0.3, 0.4) is 0 Å². The summed E-state index contributed by atoms with van der Waals surface area (Å²) in [7, 11) is 1.56. The Morgan fingerprint density at radius 1 is 1.03 bits per heavy atom. The highest BCUT2D eigenvalue weighted by atomic mass is 16.7. The Morgan fingerprint density at radius 2 is 1.70 bits per heavy atom. The van der Waals surface area contributed by atoms with Gasteiger partial charge in [-0.15, -0.1) is 0 Å². The molecule has 1 heterocycles. The van der Waals surface area contributed by atoms with Gasteiger partial charge >= 0.3 is 11.9 Å². The van der Waals surface area contributed by atoms with Crippen molar-refractivity contribution in [1.29, 1.82) is 0 Å². The summed E-state index contributed by atoms with van der Waals surface area (Å²) in [6.45, 7) is -0.577. The fourth-order valence-electron chi connectivity index (χ4n) is 2.74. The Hall–Kier alpha value is -4.14. The molecule has 1 atom stereocenters. The number of esters is 1. The van der Waals surface area contributed by atoms with Gasteiger partial charge in [-0.25, -0.2) is 4.79 Å². The molecule has 0 saturated heterocycles. The summed E-state index contributed by atoms with van der Waals surface area (Å²) in [5, 5.41) is 13.4. The number of ether oxygens (including phenoxy) is 2. The van der Waals surface area contributed by atoms with E-state index in [0.29, 0.717) is 5.75 Å². The Bertz CT molecular complexity index is 1030. The molecule has 0 bridgehead atoms. The number of rotatable bonds is 8. The van der Waals surface area contributed by atoms with E-state index >= 15 is 0 Å². The molecule has 0 aliphatic carbocycles. The molecule has 1 aromatic heterocycles. The highest BCUT2D eigenvalue weighted by Gasteiger charge is 2.21. The van der Waals surface area contributed by atoms with Gasteiger partial charge in [0.2, 0.25) is 5.76 Å². The molecule has 9 heteroatoms. The van der Waals surface area contributed by atoms with E-state index < -0.39 is 35.3 Å². The lowest BCUT2D eigenvalue weighted by atomic mass is 9.98. The first-order valence-electron chi connectivity index (χ1n) is 8.87. The van der Waals surface area contributed by atoms with Gasteiger partial charge in [0.05, 0.1) is 19.2 Å². The van der Waals surface area contributed by atoms with Crippen molar-refractivity contribution in [2.75, 3.05) is 13.7 Å². The second-order valence-corrected chi connectivity index (χ2v) is 6.16. The summed E-state index contributed by atoms with van der Waals surface area (Å²) >= 11 is 0. The molecule has 154 valence electrons. The second-order valence-electron chi connectivity index (χ2n) is 6.16. The van der Waals surface area contributed by atoms with E-state index in [2.05, 4.69) is 5.32 Å². The van der Waals surface area contributed by atoms with Crippen molar-refractivity contribution in [2.24, 2.45) is 0 Å². The largest absolute Gasteiger partial charge is 0.497 e. The van der Waals surface area contributed by atoms with Gasteiger partial charge in [0.15, 0.2) is 6.61 Å². The quantitative estimate of drug-likeness (QED) is 0.344. The van der Waals surface area contributed by atoms with Crippen LogP contribution in [0, 0.1) is 10.1 Å². The molecule has 9 nitrogen and oxygen atoms in total. The first-order valence-corrected chi connectivity index (χ1v) is 8.87. The molecule has 1 N–H and O–H groups in total.